The summed E-state index contributed by atoms with van der Waals surface area (Å²) < 4.78 is 111. The molecule has 1 saturated carbocycles. The first kappa shape index (κ1) is 92.8. The van der Waals surface area contributed by atoms with Crippen molar-refractivity contribution >= 4 is 39.2 Å². The van der Waals surface area contributed by atoms with E-state index in [2.05, 4.69) is 40.6 Å². The van der Waals surface area contributed by atoms with E-state index in [9.17, 15) is 60.9 Å². The molecule has 0 saturated heterocycles. The van der Waals surface area contributed by atoms with E-state index in [1.807, 2.05) is 109 Å². The van der Waals surface area contributed by atoms with E-state index < -0.39 is 45.3 Å². The number of hydroxylamine groups is 2. The highest BCUT2D eigenvalue weighted by Crippen LogP contribution is 2.50. The normalized spacial score (nSPS) is 20.5. The van der Waals surface area contributed by atoms with Crippen LogP contribution >= 0.6 is 0 Å². The highest BCUT2D eigenvalue weighted by molar-refractivity contribution is 7.88. The van der Waals surface area contributed by atoms with Gasteiger partial charge in [-0.1, -0.05) is 134 Å². The zero-order chi connectivity index (χ0) is 88.0. The number of carbonyl (C=O) groups excluding carboxylic acids is 5. The predicted octanol–water partition coefficient (Wildman–Crippen LogP) is 17.7. The second-order valence-electron chi connectivity index (χ2n) is 30.4. The molecular weight excluding hydrogens is 1590 g/mol. The third-order valence-electron chi connectivity index (χ3n) is 23.3. The van der Waals surface area contributed by atoms with E-state index >= 15 is 0 Å². The van der Waals surface area contributed by atoms with Gasteiger partial charge in [-0.05, 0) is 190 Å². The van der Waals surface area contributed by atoms with Crippen molar-refractivity contribution in [1.82, 2.24) is 5.06 Å². The van der Waals surface area contributed by atoms with Gasteiger partial charge in [0, 0.05) is 60.5 Å². The Bertz CT molecular complexity index is 5050. The number of nitrogens with zero attached hydrogens (tertiary/aromatic N) is 1. The maximum atomic E-state index is 12.5. The van der Waals surface area contributed by atoms with Gasteiger partial charge in [0.15, 0.2) is 28.9 Å². The monoisotopic (exact) mass is 1700 g/mol. The number of amides is 1. The molecule has 22 nitrogen and oxygen atoms in total. The molecule has 8 unspecified atom stereocenters. The van der Waals surface area contributed by atoms with Crippen molar-refractivity contribution < 1.29 is 113 Å². The summed E-state index contributed by atoms with van der Waals surface area (Å²) in [6.45, 7) is 0. The Kier molecular flexibility index (Phi) is 33.0. The topological polar surface area (TPSA) is 285 Å². The number of aromatic hydroxyl groups is 1. The summed E-state index contributed by atoms with van der Waals surface area (Å²) in [5.74, 6) is 6.76. The molecule has 10 aliphatic rings. The summed E-state index contributed by atoms with van der Waals surface area (Å²) in [7, 11) is 11.4. The third kappa shape index (κ3) is 22.1. The molecule has 0 spiro atoms. The van der Waals surface area contributed by atoms with E-state index in [0.717, 1.165) is 122 Å². The molecule has 8 atom stereocenters. The number of rotatable bonds is 19. The number of fused-ring (bicyclic) bond motifs is 12. The van der Waals surface area contributed by atoms with Crippen LogP contribution in [0.3, 0.4) is 0 Å². The number of aliphatic hydroxyl groups excluding tert-OH is 2. The van der Waals surface area contributed by atoms with Crippen molar-refractivity contribution in [2.45, 2.75) is 119 Å². The minimum atomic E-state index is -5.88. The Labute approximate surface area is 711 Å². The number of hydrogen-bond donors (Lipinski definition) is 3. The quantitative estimate of drug-likeness (QED) is 0.0223. The van der Waals surface area contributed by atoms with Crippen molar-refractivity contribution in [2.75, 3.05) is 78.1 Å². The van der Waals surface area contributed by atoms with Crippen LogP contribution in [0.4, 0.5) is 13.2 Å². The van der Waals surface area contributed by atoms with Gasteiger partial charge in [-0.25, -0.2) is 5.06 Å². The summed E-state index contributed by atoms with van der Waals surface area (Å²) in [6, 6.07) is 39.5. The number of methoxy groups -OCH3 is 9. The summed E-state index contributed by atoms with van der Waals surface area (Å²) >= 11 is 0. The Morgan fingerprint density at radius 3 is 1.29 bits per heavy atom. The van der Waals surface area contributed by atoms with E-state index in [0.29, 0.717) is 53.1 Å². The smallest absolute Gasteiger partial charge is 0.507 e. The second kappa shape index (κ2) is 43.4. The molecule has 7 aromatic carbocycles. The van der Waals surface area contributed by atoms with Gasteiger partial charge < -0.3 is 62.1 Å². The van der Waals surface area contributed by atoms with E-state index in [1.165, 1.54) is 67.7 Å². The van der Waals surface area contributed by atoms with Gasteiger partial charge in [0.2, 0.25) is 5.91 Å². The summed E-state index contributed by atoms with van der Waals surface area (Å²) in [4.78, 5) is 65.3. The van der Waals surface area contributed by atoms with Crippen molar-refractivity contribution in [2.24, 2.45) is 41.4 Å². The first-order valence-corrected chi connectivity index (χ1v) is 41.9. The molecule has 1 amide bonds. The minimum absolute atomic E-state index is 0.00347. The van der Waals surface area contributed by atoms with Gasteiger partial charge in [0.1, 0.15) is 74.2 Å². The standard InChI is InChI=1S/C14H13F3O5S.C14H16O3.C13H16O3.C13H14O3.C13H12O2.C13H14O.C8H13NO2.C8H10O2/c1-21-10-7-4-8-11(22-23(19,20)14(15,16)17)12(10)13(18)9-5-2-3-6-9;1-16-11-8-5-9-12(17-2)13(11)14(15)10-6-3-4-7-10;1-16-11-4-2-3-8-9(11)5-7-6-10(8)13(15)12(7)14;1-16-11-8-4-7-10(14)12(11)13(15)9-5-2-3-6-9;1-15-11-4-2-3-10-8-5-6-9(7-8)13(14)12(10)11;1-14-13-4-2-3-11-10-6-5-9(7-10)8-12(11)13;1-9(11-2)8(10)7-5-3-4-6-7;1-9-7-4-3-5-8(6-7)10-2/h2-4,7-9H,5-6H2,1H3;3-5,8-10H,6-7H2,1-2H3;2-4,7,10,12-15H,5-6H2,1H3;2-4,7-9,14H,5-6H2,1H3;2-6,8-9H,7H2,1H3;2-6,9-10H,7-8H2,1H3;3-4,7H,5-6H2,1-2H3;3-6H,1-2H3. The van der Waals surface area contributed by atoms with Crippen LogP contribution in [-0.2, 0) is 32.6 Å². The molecule has 6 bridgehead atoms. The van der Waals surface area contributed by atoms with Crippen LogP contribution in [-0.4, -0.2) is 154 Å². The summed E-state index contributed by atoms with van der Waals surface area (Å²) in [5.41, 5.74) is 2.12. The number of phenolic OH excluding ortho intramolecular Hbond substituents is 1. The molecule has 17 rings (SSSR count). The Morgan fingerprint density at radius 2 is 0.803 bits per heavy atom. The second-order valence-corrected chi connectivity index (χ2v) is 32.0. The zero-order valence-corrected chi connectivity index (χ0v) is 71.2. The predicted molar refractivity (Wildman–Crippen MR) is 456 cm³/mol. The summed E-state index contributed by atoms with van der Waals surface area (Å²) in [6.07, 6.45) is 34.2. The van der Waals surface area contributed by atoms with Gasteiger partial charge in [-0.2, -0.15) is 21.6 Å². The Morgan fingerprint density at radius 1 is 0.418 bits per heavy atom. The number of ether oxygens (including phenoxy) is 9. The van der Waals surface area contributed by atoms with E-state index in [-0.39, 0.29) is 75.8 Å². The number of ketones is 4. The molecule has 26 heteroatoms. The molecule has 0 aromatic heterocycles. The largest absolute Gasteiger partial charge is 0.534 e. The van der Waals surface area contributed by atoms with Crippen molar-refractivity contribution in [3.63, 3.8) is 0 Å². The maximum absolute atomic E-state index is 12.5. The van der Waals surface area contributed by atoms with E-state index in [1.54, 1.807) is 93.2 Å². The Balaban J connectivity index is 0.000000148. The zero-order valence-electron chi connectivity index (χ0n) is 70.4. The first-order chi connectivity index (χ1) is 58.7. The lowest BCUT2D eigenvalue weighted by Crippen LogP contribution is -2.30. The van der Waals surface area contributed by atoms with Crippen LogP contribution in [0.5, 0.6) is 63.2 Å². The number of allylic oxidation sites excluding steroid dienone is 12. The van der Waals surface area contributed by atoms with Gasteiger partial charge >= 0.3 is 15.6 Å². The molecule has 0 radical (unpaired) electrons. The number of hydrogen-bond acceptors (Lipinski definition) is 21. The number of halogens is 3. The maximum Gasteiger partial charge on any atom is 0.534 e. The SMILES string of the molecule is CON(C)C(=O)C1CC=CC1.COc1cccc(O)c1C(=O)C1CC=CC1.COc1cccc(OC)c1.COc1cccc(OC)c1C(=O)C1CC=CC1.COc1cccc(OS(=O)(=O)C(F)(F)F)c1C(=O)C1CC=CC1.COc1cccc2c1C(=O)C1C=CC2C1.COc1cccc2c1CC1C=CC2C1.COc1cccc2c1CC1CC2C(O)C1O. The van der Waals surface area contributed by atoms with Crippen LogP contribution < -0.4 is 46.8 Å². The first-order valence-electron chi connectivity index (χ1n) is 40.4. The molecule has 650 valence electrons. The van der Waals surface area contributed by atoms with Crippen LogP contribution in [0.15, 0.2) is 206 Å². The molecule has 0 aliphatic heterocycles. The van der Waals surface area contributed by atoms with Crippen LogP contribution in [0.1, 0.15) is 158 Å². The van der Waals surface area contributed by atoms with Crippen LogP contribution in [0, 0.1) is 41.4 Å². The fraction of sp³-hybridized carbons (Fsp3) is 0.385. The average Bonchev–Trinajstić information content (AvgIpc) is 1.56. The lowest BCUT2D eigenvalue weighted by Gasteiger charge is -2.24. The van der Waals surface area contributed by atoms with Gasteiger partial charge in [0.25, 0.3) is 0 Å². The number of carbonyl (C=O) groups is 5. The molecule has 7 aromatic rings. The molecule has 0 heterocycles. The number of Topliss-reactive ketones (excluding diaryl/α,β-unsaturated/α-hetero) is 4. The summed E-state index contributed by atoms with van der Waals surface area (Å²) in [5, 5.41) is 30.9. The highest BCUT2D eigenvalue weighted by atomic mass is 32.2. The van der Waals surface area contributed by atoms with Gasteiger partial charge in [-0.3, -0.25) is 28.8 Å². The van der Waals surface area contributed by atoms with E-state index in [4.69, 9.17) is 47.5 Å². The fourth-order valence-corrected chi connectivity index (χ4v) is 17.3. The third-order valence-corrected chi connectivity index (χ3v) is 24.2. The van der Waals surface area contributed by atoms with Crippen LogP contribution in [0.2, 0.25) is 0 Å². The van der Waals surface area contributed by atoms with Crippen molar-refractivity contribution in [3.05, 3.63) is 256 Å². The number of alkyl halides is 3. The molecule has 10 aliphatic carbocycles. The number of aliphatic hydroxyl groups is 2. The fourth-order valence-electron chi connectivity index (χ4n) is 16.8. The van der Waals surface area contributed by atoms with Crippen molar-refractivity contribution in [3.8, 4) is 63.2 Å². The van der Waals surface area contributed by atoms with Gasteiger partial charge in [-0.15, -0.1) is 0 Å². The molecule has 1 fully saturated rings. The number of benzene rings is 7. The molecule has 3 N–H and O–H groups in total. The lowest BCUT2D eigenvalue weighted by atomic mass is 9.81. The van der Waals surface area contributed by atoms with Gasteiger partial charge in [0.05, 0.1) is 88.9 Å². The number of phenols is 1. The molecule has 122 heavy (non-hydrogen) atoms. The van der Waals surface area contributed by atoms with Crippen molar-refractivity contribution in [1.29, 1.82) is 0 Å². The minimum Gasteiger partial charge on any atom is -0.507 e. The van der Waals surface area contributed by atoms with Crippen LogP contribution in [0.25, 0.3) is 0 Å². The highest BCUT2D eigenvalue weighted by Gasteiger charge is 2.50. The Hall–Kier alpha value is -11.5. The average molecular weight is 1700 g/mol. The lowest BCUT2D eigenvalue weighted by molar-refractivity contribution is -0.173. The molecular formula is C96H108F3NO21S.